The molecule has 1 amide bonds. The Morgan fingerprint density at radius 3 is 2.65 bits per heavy atom. The predicted molar refractivity (Wildman–Crippen MR) is 68.3 cm³/mol. The lowest BCUT2D eigenvalue weighted by Crippen LogP contribution is -2.44. The van der Waals surface area contributed by atoms with E-state index in [2.05, 4.69) is 5.32 Å². The zero-order valence-electron chi connectivity index (χ0n) is 10.2. The number of carbonyl (C=O) groups is 1. The molecule has 1 aliphatic rings. The summed E-state index contributed by atoms with van der Waals surface area (Å²) in [6, 6.07) is 10.0. The highest BCUT2D eigenvalue weighted by atomic mass is 16.1. The minimum absolute atomic E-state index is 0.0162. The van der Waals surface area contributed by atoms with Crippen LogP contribution in [0.25, 0.3) is 0 Å². The van der Waals surface area contributed by atoms with Crippen LogP contribution in [0, 0.1) is 11.8 Å². The lowest BCUT2D eigenvalue weighted by atomic mass is 9.68. The fourth-order valence-corrected chi connectivity index (χ4v) is 2.51. The Bertz CT molecular complexity index is 377. The predicted octanol–water partition coefficient (Wildman–Crippen LogP) is 1.85. The first kappa shape index (κ1) is 12.1. The van der Waals surface area contributed by atoms with Gasteiger partial charge in [-0.2, -0.15) is 0 Å². The molecule has 1 aromatic carbocycles. The van der Waals surface area contributed by atoms with E-state index >= 15 is 0 Å². The standard InChI is InChI=1S/C14H20N2O/c1-2-16-14(17)12-9-8-11(12)13(15)10-6-4-3-5-7-10/h3-7,11-13H,2,8-9,15H2,1H3,(H,16,17)/t11-,12+,13?/m0/s1. The molecule has 0 saturated heterocycles. The van der Waals surface area contributed by atoms with Crippen molar-refractivity contribution in [3.8, 4) is 0 Å². The molecular weight excluding hydrogens is 212 g/mol. The molecule has 2 rings (SSSR count). The van der Waals surface area contributed by atoms with Crippen molar-refractivity contribution in [1.82, 2.24) is 5.32 Å². The first-order valence-corrected chi connectivity index (χ1v) is 6.32. The molecule has 0 aliphatic heterocycles. The summed E-state index contributed by atoms with van der Waals surface area (Å²) >= 11 is 0. The molecule has 17 heavy (non-hydrogen) atoms. The van der Waals surface area contributed by atoms with Gasteiger partial charge in [-0.05, 0) is 31.2 Å². The lowest BCUT2D eigenvalue weighted by molar-refractivity contribution is -0.130. The first-order valence-electron chi connectivity index (χ1n) is 6.32. The summed E-state index contributed by atoms with van der Waals surface area (Å²) in [6.07, 6.45) is 2.02. The van der Waals surface area contributed by atoms with Crippen LogP contribution in [-0.2, 0) is 4.79 Å². The number of rotatable bonds is 4. The van der Waals surface area contributed by atoms with Crippen molar-refractivity contribution in [3.63, 3.8) is 0 Å². The zero-order chi connectivity index (χ0) is 12.3. The van der Waals surface area contributed by atoms with Crippen LogP contribution >= 0.6 is 0 Å². The fraction of sp³-hybridized carbons (Fsp3) is 0.500. The maximum absolute atomic E-state index is 11.8. The Morgan fingerprint density at radius 2 is 2.12 bits per heavy atom. The van der Waals surface area contributed by atoms with Crippen molar-refractivity contribution in [2.75, 3.05) is 6.54 Å². The molecule has 3 heteroatoms. The van der Waals surface area contributed by atoms with Crippen molar-refractivity contribution in [2.24, 2.45) is 17.6 Å². The maximum atomic E-state index is 11.8. The number of nitrogens with two attached hydrogens (primary N) is 1. The minimum atomic E-state index is -0.0162. The van der Waals surface area contributed by atoms with Gasteiger partial charge in [0.25, 0.3) is 0 Å². The van der Waals surface area contributed by atoms with Crippen molar-refractivity contribution in [1.29, 1.82) is 0 Å². The van der Waals surface area contributed by atoms with Gasteiger partial charge in [0.15, 0.2) is 0 Å². The van der Waals surface area contributed by atoms with Gasteiger partial charge in [-0.15, -0.1) is 0 Å². The Hall–Kier alpha value is -1.35. The summed E-state index contributed by atoms with van der Waals surface area (Å²) in [5, 5.41) is 2.89. The zero-order valence-corrected chi connectivity index (χ0v) is 10.2. The molecule has 0 spiro atoms. The minimum Gasteiger partial charge on any atom is -0.356 e. The molecular formula is C14H20N2O. The summed E-state index contributed by atoms with van der Waals surface area (Å²) < 4.78 is 0. The van der Waals surface area contributed by atoms with Gasteiger partial charge in [0, 0.05) is 18.5 Å². The van der Waals surface area contributed by atoms with Crippen molar-refractivity contribution in [2.45, 2.75) is 25.8 Å². The Balaban J connectivity index is 2.01. The number of hydrogen-bond donors (Lipinski definition) is 2. The molecule has 1 saturated carbocycles. The van der Waals surface area contributed by atoms with Crippen LogP contribution in [0.1, 0.15) is 31.4 Å². The molecule has 0 heterocycles. The highest BCUT2D eigenvalue weighted by Gasteiger charge is 2.40. The topological polar surface area (TPSA) is 55.1 Å². The van der Waals surface area contributed by atoms with Crippen LogP contribution in [0.15, 0.2) is 30.3 Å². The number of benzene rings is 1. The maximum Gasteiger partial charge on any atom is 0.223 e. The van der Waals surface area contributed by atoms with Crippen molar-refractivity contribution >= 4 is 5.91 Å². The molecule has 0 aromatic heterocycles. The van der Waals surface area contributed by atoms with E-state index in [0.717, 1.165) is 18.4 Å². The lowest BCUT2D eigenvalue weighted by Gasteiger charge is -2.39. The molecule has 0 radical (unpaired) electrons. The number of amides is 1. The SMILES string of the molecule is CCNC(=O)[C@@H]1CC[C@@H]1C(N)c1ccccc1. The average Bonchev–Trinajstić information content (AvgIpc) is 2.29. The molecule has 92 valence electrons. The van der Waals surface area contributed by atoms with Gasteiger partial charge in [-0.3, -0.25) is 4.79 Å². The monoisotopic (exact) mass is 232 g/mol. The van der Waals surface area contributed by atoms with E-state index in [0.29, 0.717) is 12.5 Å². The summed E-state index contributed by atoms with van der Waals surface area (Å²) in [6.45, 7) is 2.64. The average molecular weight is 232 g/mol. The Kier molecular flexibility index (Phi) is 3.79. The van der Waals surface area contributed by atoms with Gasteiger partial charge in [-0.25, -0.2) is 0 Å². The van der Waals surface area contributed by atoms with E-state index in [1.807, 2.05) is 37.3 Å². The second-order valence-electron chi connectivity index (χ2n) is 4.68. The van der Waals surface area contributed by atoms with Crippen molar-refractivity contribution in [3.05, 3.63) is 35.9 Å². The van der Waals surface area contributed by atoms with E-state index in [9.17, 15) is 4.79 Å². The smallest absolute Gasteiger partial charge is 0.223 e. The quantitative estimate of drug-likeness (QED) is 0.832. The van der Waals surface area contributed by atoms with E-state index < -0.39 is 0 Å². The molecule has 1 aliphatic carbocycles. The normalized spacial score (nSPS) is 24.8. The first-order chi connectivity index (χ1) is 8.24. The molecule has 1 aromatic rings. The second kappa shape index (κ2) is 5.32. The van der Waals surface area contributed by atoms with Gasteiger partial charge < -0.3 is 11.1 Å². The second-order valence-corrected chi connectivity index (χ2v) is 4.68. The number of hydrogen-bond acceptors (Lipinski definition) is 2. The van der Waals surface area contributed by atoms with Crippen LogP contribution in [0.5, 0.6) is 0 Å². The molecule has 1 fully saturated rings. The Morgan fingerprint density at radius 1 is 1.41 bits per heavy atom. The highest BCUT2D eigenvalue weighted by Crippen LogP contribution is 2.41. The van der Waals surface area contributed by atoms with E-state index in [1.54, 1.807) is 0 Å². The van der Waals surface area contributed by atoms with E-state index in [-0.39, 0.29) is 17.9 Å². The largest absolute Gasteiger partial charge is 0.356 e. The van der Waals surface area contributed by atoms with Gasteiger partial charge >= 0.3 is 0 Å². The number of nitrogens with one attached hydrogen (secondary N) is 1. The van der Waals surface area contributed by atoms with Gasteiger partial charge in [-0.1, -0.05) is 30.3 Å². The fourth-order valence-electron chi connectivity index (χ4n) is 2.51. The van der Waals surface area contributed by atoms with E-state index in [4.69, 9.17) is 5.73 Å². The number of carbonyl (C=O) groups excluding carboxylic acids is 1. The highest BCUT2D eigenvalue weighted by molar-refractivity contribution is 5.79. The van der Waals surface area contributed by atoms with Crippen LogP contribution in [0.4, 0.5) is 0 Å². The third-order valence-corrected chi connectivity index (χ3v) is 3.66. The van der Waals surface area contributed by atoms with Gasteiger partial charge in [0.05, 0.1) is 0 Å². The van der Waals surface area contributed by atoms with E-state index in [1.165, 1.54) is 0 Å². The molecule has 1 unspecified atom stereocenters. The van der Waals surface area contributed by atoms with Crippen LogP contribution in [0.3, 0.4) is 0 Å². The third kappa shape index (κ3) is 2.50. The summed E-state index contributed by atoms with van der Waals surface area (Å²) in [7, 11) is 0. The summed E-state index contributed by atoms with van der Waals surface area (Å²) in [5.41, 5.74) is 7.38. The van der Waals surface area contributed by atoms with Gasteiger partial charge in [0.1, 0.15) is 0 Å². The Labute approximate surface area is 102 Å². The van der Waals surface area contributed by atoms with Crippen LogP contribution in [0.2, 0.25) is 0 Å². The molecule has 3 atom stereocenters. The van der Waals surface area contributed by atoms with Gasteiger partial charge in [0.2, 0.25) is 5.91 Å². The molecule has 3 N–H and O–H groups in total. The van der Waals surface area contributed by atoms with Crippen LogP contribution in [-0.4, -0.2) is 12.5 Å². The molecule has 0 bridgehead atoms. The molecule has 3 nitrogen and oxygen atoms in total. The van der Waals surface area contributed by atoms with Crippen LogP contribution < -0.4 is 11.1 Å². The summed E-state index contributed by atoms with van der Waals surface area (Å²) in [4.78, 5) is 11.8. The third-order valence-electron chi connectivity index (χ3n) is 3.66. The summed E-state index contributed by atoms with van der Waals surface area (Å²) in [5.74, 6) is 0.559. The van der Waals surface area contributed by atoms with Crippen molar-refractivity contribution < 1.29 is 4.79 Å².